The van der Waals surface area contributed by atoms with E-state index in [1.807, 2.05) is 0 Å². The Balaban J connectivity index is 2.43. The summed E-state index contributed by atoms with van der Waals surface area (Å²) in [5.74, 6) is 2.12. The zero-order valence-corrected chi connectivity index (χ0v) is 12.1. The van der Waals surface area contributed by atoms with E-state index in [-0.39, 0.29) is 0 Å². The van der Waals surface area contributed by atoms with Gasteiger partial charge in [-0.2, -0.15) is 0 Å². The van der Waals surface area contributed by atoms with Gasteiger partial charge in [-0.3, -0.25) is 0 Å². The van der Waals surface area contributed by atoms with Crippen LogP contribution in [0.15, 0.2) is 35.7 Å². The number of hydrogen-bond acceptors (Lipinski definition) is 0. The van der Waals surface area contributed by atoms with Gasteiger partial charge in [0.2, 0.25) is 0 Å². The van der Waals surface area contributed by atoms with Crippen molar-refractivity contribution < 1.29 is 0 Å². The Kier molecular flexibility index (Phi) is 3.12. The number of hydrogen-bond donors (Lipinski definition) is 0. The van der Waals surface area contributed by atoms with E-state index in [2.05, 4.69) is 43.9 Å². The summed E-state index contributed by atoms with van der Waals surface area (Å²) < 4.78 is 0. The van der Waals surface area contributed by atoms with Crippen LogP contribution in [0, 0.1) is 0 Å². The Morgan fingerprint density at radius 1 is 1.19 bits per heavy atom. The minimum absolute atomic E-state index is 0.895. The second kappa shape index (κ2) is 4.02. The summed E-state index contributed by atoms with van der Waals surface area (Å²) in [4.78, 5) is 0. The molecule has 0 saturated heterocycles. The normalized spacial score (nSPS) is 24.5. The second-order valence-corrected chi connectivity index (χ2v) is 13.3. The van der Waals surface area contributed by atoms with Gasteiger partial charge >= 0.3 is 107 Å². The van der Waals surface area contributed by atoms with Crippen molar-refractivity contribution in [1.29, 1.82) is 0 Å². The fourth-order valence-corrected chi connectivity index (χ4v) is 7.42. The van der Waals surface area contributed by atoms with Gasteiger partial charge in [-0.1, -0.05) is 0 Å². The van der Waals surface area contributed by atoms with Crippen molar-refractivity contribution >= 4 is 33.1 Å². The van der Waals surface area contributed by atoms with Crippen molar-refractivity contribution in [1.82, 2.24) is 0 Å². The Hall–Kier alpha value is -0.0300. The molecule has 1 aliphatic heterocycles. The molecule has 2 rings (SSSR count). The standard InChI is InChI=1S/C13H17Cl2P/c1-3-12-4-6-13(7-5-12)16(14,15)9-8-11(2)10-16/h4-7,10H,3,8-9H2,1-2H3. The topological polar surface area (TPSA) is 0 Å². The van der Waals surface area contributed by atoms with Gasteiger partial charge in [-0.05, 0) is 0 Å². The maximum absolute atomic E-state index is 6.76. The molecule has 0 amide bonds. The van der Waals surface area contributed by atoms with E-state index in [9.17, 15) is 0 Å². The first kappa shape index (κ1) is 12.4. The Morgan fingerprint density at radius 3 is 2.25 bits per heavy atom. The molecule has 1 aromatic carbocycles. The molecule has 0 saturated carbocycles. The van der Waals surface area contributed by atoms with Gasteiger partial charge < -0.3 is 0 Å². The molecule has 0 N–H and O–H groups in total. The molecule has 88 valence electrons. The van der Waals surface area contributed by atoms with Crippen LogP contribution < -0.4 is 5.30 Å². The van der Waals surface area contributed by atoms with E-state index in [4.69, 9.17) is 22.5 Å². The summed E-state index contributed by atoms with van der Waals surface area (Å²) >= 11 is 13.5. The summed E-state index contributed by atoms with van der Waals surface area (Å²) in [6.07, 6.45) is 2.97. The van der Waals surface area contributed by atoms with E-state index in [0.717, 1.165) is 24.3 Å². The second-order valence-electron chi connectivity index (χ2n) is 4.61. The van der Waals surface area contributed by atoms with Crippen molar-refractivity contribution in [2.45, 2.75) is 26.7 Å². The van der Waals surface area contributed by atoms with Gasteiger partial charge in [0.05, 0.1) is 0 Å². The zero-order valence-electron chi connectivity index (χ0n) is 9.71. The van der Waals surface area contributed by atoms with Crippen LogP contribution in [0.25, 0.3) is 0 Å². The fraction of sp³-hybridized carbons (Fsp3) is 0.385. The minimum atomic E-state index is -2.75. The van der Waals surface area contributed by atoms with Crippen LogP contribution in [-0.2, 0) is 6.42 Å². The van der Waals surface area contributed by atoms with Gasteiger partial charge in [0.25, 0.3) is 0 Å². The van der Waals surface area contributed by atoms with Crippen LogP contribution in [0.4, 0.5) is 0 Å². The molecule has 0 spiro atoms. The van der Waals surface area contributed by atoms with Crippen molar-refractivity contribution in [2.75, 3.05) is 6.16 Å². The molecule has 0 unspecified atom stereocenters. The molecule has 1 heterocycles. The van der Waals surface area contributed by atoms with Crippen LogP contribution in [0.2, 0.25) is 0 Å². The SMILES string of the molecule is CCc1ccc(P2(Cl)(Cl)C=C(C)CC2)cc1. The number of halogens is 2. The van der Waals surface area contributed by atoms with Crippen LogP contribution in [0.1, 0.15) is 25.8 Å². The molecule has 0 atom stereocenters. The van der Waals surface area contributed by atoms with E-state index >= 15 is 0 Å². The summed E-state index contributed by atoms with van der Waals surface area (Å²) in [6, 6.07) is 8.48. The monoisotopic (exact) mass is 274 g/mol. The third kappa shape index (κ3) is 2.16. The van der Waals surface area contributed by atoms with Gasteiger partial charge in [0.1, 0.15) is 0 Å². The first-order chi connectivity index (χ1) is 7.43. The molecule has 0 bridgehead atoms. The third-order valence-electron chi connectivity index (χ3n) is 3.26. The number of allylic oxidation sites excluding steroid dienone is 1. The summed E-state index contributed by atoms with van der Waals surface area (Å²) in [6.45, 7) is 4.26. The molecular formula is C13H17Cl2P. The number of benzene rings is 1. The predicted molar refractivity (Wildman–Crippen MR) is 77.3 cm³/mol. The van der Waals surface area contributed by atoms with Crippen LogP contribution in [0.5, 0.6) is 0 Å². The number of rotatable bonds is 2. The van der Waals surface area contributed by atoms with Gasteiger partial charge in [0.15, 0.2) is 0 Å². The average Bonchev–Trinajstić information content (AvgIpc) is 2.55. The van der Waals surface area contributed by atoms with Crippen LogP contribution >= 0.6 is 27.8 Å². The van der Waals surface area contributed by atoms with Crippen molar-refractivity contribution in [3.8, 4) is 0 Å². The van der Waals surface area contributed by atoms with Crippen molar-refractivity contribution in [3.63, 3.8) is 0 Å². The summed E-state index contributed by atoms with van der Waals surface area (Å²) in [5, 5.41) is -1.64. The molecule has 3 heteroatoms. The molecule has 0 radical (unpaired) electrons. The summed E-state index contributed by atoms with van der Waals surface area (Å²) in [5.41, 5.74) is 2.65. The van der Waals surface area contributed by atoms with Crippen molar-refractivity contribution in [3.05, 3.63) is 41.2 Å². The molecular weight excluding hydrogens is 258 g/mol. The maximum atomic E-state index is 6.76. The van der Waals surface area contributed by atoms with Gasteiger partial charge in [-0.25, -0.2) is 0 Å². The third-order valence-corrected chi connectivity index (χ3v) is 9.38. The van der Waals surface area contributed by atoms with Gasteiger partial charge in [0, 0.05) is 0 Å². The first-order valence-electron chi connectivity index (χ1n) is 5.66. The molecule has 1 aromatic rings. The Labute approximate surface area is 107 Å². The predicted octanol–water partition coefficient (Wildman–Crippen LogP) is 5.04. The van der Waals surface area contributed by atoms with Gasteiger partial charge in [-0.15, -0.1) is 0 Å². The van der Waals surface area contributed by atoms with Crippen LogP contribution in [0.3, 0.4) is 0 Å². The Bertz CT molecular complexity index is 432. The zero-order chi connectivity index (χ0) is 11.8. The quantitative estimate of drug-likeness (QED) is 0.663. The molecule has 16 heavy (non-hydrogen) atoms. The molecule has 0 fully saturated rings. The molecule has 1 aliphatic rings. The van der Waals surface area contributed by atoms with E-state index in [1.54, 1.807) is 0 Å². The fourth-order valence-electron chi connectivity index (χ4n) is 2.18. The van der Waals surface area contributed by atoms with Crippen LogP contribution in [-0.4, -0.2) is 6.16 Å². The molecule has 0 aromatic heterocycles. The first-order valence-corrected chi connectivity index (χ1v) is 9.96. The Morgan fingerprint density at radius 2 is 1.81 bits per heavy atom. The molecule has 0 nitrogen and oxygen atoms in total. The van der Waals surface area contributed by atoms with Crippen molar-refractivity contribution in [2.24, 2.45) is 0 Å². The average molecular weight is 275 g/mol. The summed E-state index contributed by atoms with van der Waals surface area (Å²) in [7, 11) is 0. The van der Waals surface area contributed by atoms with E-state index < -0.39 is 5.31 Å². The van der Waals surface area contributed by atoms with E-state index in [1.165, 1.54) is 11.1 Å². The van der Waals surface area contributed by atoms with E-state index in [0.29, 0.717) is 0 Å². The number of aryl methyl sites for hydroxylation is 1. The molecule has 0 aliphatic carbocycles.